The summed E-state index contributed by atoms with van der Waals surface area (Å²) >= 11 is 0. The Morgan fingerprint density at radius 2 is 2.19 bits per heavy atom. The molecule has 1 aromatic carbocycles. The van der Waals surface area contributed by atoms with Crippen LogP contribution in [0.3, 0.4) is 0 Å². The lowest BCUT2D eigenvalue weighted by molar-refractivity contribution is 0.0961. The zero-order valence-corrected chi connectivity index (χ0v) is 11.8. The second-order valence-corrected chi connectivity index (χ2v) is 4.38. The van der Waals surface area contributed by atoms with Crippen LogP contribution < -0.4 is 11.1 Å². The van der Waals surface area contributed by atoms with Crippen molar-refractivity contribution in [3.05, 3.63) is 52.7 Å². The van der Waals surface area contributed by atoms with Gasteiger partial charge >= 0.3 is 0 Å². The summed E-state index contributed by atoms with van der Waals surface area (Å²) in [5, 5.41) is 6.37. The van der Waals surface area contributed by atoms with E-state index in [0.29, 0.717) is 17.7 Å². The minimum absolute atomic E-state index is 0.164. The van der Waals surface area contributed by atoms with E-state index in [1.165, 1.54) is 19.2 Å². The molecular weight excluding hydrogens is 273 g/mol. The smallest absolute Gasteiger partial charge is 0.256 e. The van der Waals surface area contributed by atoms with Crippen molar-refractivity contribution in [3.8, 4) is 0 Å². The molecule has 0 saturated heterocycles. The van der Waals surface area contributed by atoms with Gasteiger partial charge in [-0.25, -0.2) is 4.39 Å². The van der Waals surface area contributed by atoms with Crippen molar-refractivity contribution in [3.63, 3.8) is 0 Å². The number of rotatable bonds is 4. The fraction of sp³-hybridized carbons (Fsp3) is 0.200. The van der Waals surface area contributed by atoms with Crippen LogP contribution in [0.5, 0.6) is 0 Å². The molecule has 1 heterocycles. The summed E-state index contributed by atoms with van der Waals surface area (Å²) in [7, 11) is 1.52. The quantitative estimate of drug-likeness (QED) is 0.904. The number of aryl methyl sites for hydroxylation is 1. The Labute approximate surface area is 121 Å². The van der Waals surface area contributed by atoms with Crippen LogP contribution in [0.2, 0.25) is 0 Å². The van der Waals surface area contributed by atoms with Crippen LogP contribution in [-0.2, 0) is 6.42 Å². The number of amides is 1. The molecule has 0 fully saturated rings. The summed E-state index contributed by atoms with van der Waals surface area (Å²) in [4.78, 5) is 11.9. The molecule has 0 radical (unpaired) electrons. The highest BCUT2D eigenvalue weighted by atomic mass is 19.1. The fourth-order valence-corrected chi connectivity index (χ4v) is 1.96. The molecule has 2 rings (SSSR count). The van der Waals surface area contributed by atoms with Crippen LogP contribution in [0.25, 0.3) is 11.8 Å². The van der Waals surface area contributed by atoms with Gasteiger partial charge in [0.2, 0.25) is 0 Å². The lowest BCUT2D eigenvalue weighted by Crippen LogP contribution is -2.19. The lowest BCUT2D eigenvalue weighted by atomic mass is 10.1. The van der Waals surface area contributed by atoms with Crippen LogP contribution in [-0.4, -0.2) is 18.1 Å². The van der Waals surface area contributed by atoms with E-state index in [1.54, 1.807) is 18.2 Å². The first kappa shape index (κ1) is 14.8. The van der Waals surface area contributed by atoms with Crippen molar-refractivity contribution < 1.29 is 13.7 Å². The van der Waals surface area contributed by atoms with E-state index in [4.69, 9.17) is 10.3 Å². The van der Waals surface area contributed by atoms with Crippen molar-refractivity contribution in [1.82, 2.24) is 10.5 Å². The summed E-state index contributed by atoms with van der Waals surface area (Å²) in [6.45, 7) is 1.86. The summed E-state index contributed by atoms with van der Waals surface area (Å²) in [6.07, 6.45) is 1.95. The molecule has 0 aliphatic rings. The Bertz CT molecular complexity index is 692. The van der Waals surface area contributed by atoms with E-state index in [1.807, 2.05) is 6.92 Å². The van der Waals surface area contributed by atoms with Crippen molar-refractivity contribution in [2.45, 2.75) is 13.3 Å². The Morgan fingerprint density at radius 1 is 1.48 bits per heavy atom. The van der Waals surface area contributed by atoms with Gasteiger partial charge in [0, 0.05) is 24.4 Å². The van der Waals surface area contributed by atoms with E-state index < -0.39 is 5.82 Å². The summed E-state index contributed by atoms with van der Waals surface area (Å²) in [5.41, 5.74) is 7.15. The van der Waals surface area contributed by atoms with Gasteiger partial charge in [0.25, 0.3) is 5.91 Å². The first-order valence-corrected chi connectivity index (χ1v) is 6.51. The van der Waals surface area contributed by atoms with Gasteiger partial charge in [-0.15, -0.1) is 0 Å². The number of carbonyl (C=O) groups is 1. The number of halogens is 1. The van der Waals surface area contributed by atoms with Gasteiger partial charge in [-0.2, -0.15) is 0 Å². The topological polar surface area (TPSA) is 81.2 Å². The van der Waals surface area contributed by atoms with Crippen molar-refractivity contribution in [1.29, 1.82) is 0 Å². The Balaban J connectivity index is 2.48. The molecule has 0 aliphatic carbocycles. The van der Waals surface area contributed by atoms with Gasteiger partial charge in [0.15, 0.2) is 5.76 Å². The minimum Gasteiger partial charge on any atom is -0.398 e. The van der Waals surface area contributed by atoms with E-state index in [9.17, 15) is 9.18 Å². The third kappa shape index (κ3) is 2.94. The molecule has 0 atom stereocenters. The average Bonchev–Trinajstić information content (AvgIpc) is 2.89. The SMILES string of the molecule is CCc1noc(/C=C(\N)c2ccccc2F)c1C(=O)NC. The van der Waals surface area contributed by atoms with Crippen molar-refractivity contribution >= 4 is 17.7 Å². The van der Waals surface area contributed by atoms with Gasteiger partial charge in [-0.1, -0.05) is 24.2 Å². The van der Waals surface area contributed by atoms with Crippen LogP contribution in [0.4, 0.5) is 4.39 Å². The maximum Gasteiger partial charge on any atom is 0.256 e. The van der Waals surface area contributed by atoms with Crippen molar-refractivity contribution in [2.24, 2.45) is 5.73 Å². The van der Waals surface area contributed by atoms with E-state index >= 15 is 0 Å². The van der Waals surface area contributed by atoms with E-state index in [0.717, 1.165) is 0 Å². The molecule has 21 heavy (non-hydrogen) atoms. The number of nitrogens with two attached hydrogens (primary N) is 1. The molecule has 0 saturated carbocycles. The summed E-state index contributed by atoms with van der Waals surface area (Å²) in [5.74, 6) is -0.546. The molecule has 1 aromatic heterocycles. The highest BCUT2D eigenvalue weighted by Crippen LogP contribution is 2.21. The molecule has 5 nitrogen and oxygen atoms in total. The molecule has 110 valence electrons. The molecule has 1 amide bonds. The maximum absolute atomic E-state index is 13.7. The number of aromatic nitrogens is 1. The zero-order chi connectivity index (χ0) is 15.4. The summed E-state index contributed by atoms with van der Waals surface area (Å²) < 4.78 is 18.8. The van der Waals surface area contributed by atoms with Gasteiger partial charge in [0.05, 0.1) is 5.69 Å². The van der Waals surface area contributed by atoms with E-state index in [-0.39, 0.29) is 22.9 Å². The van der Waals surface area contributed by atoms with Gasteiger partial charge in [0.1, 0.15) is 11.4 Å². The van der Waals surface area contributed by atoms with Crippen LogP contribution in [0, 0.1) is 5.82 Å². The van der Waals surface area contributed by atoms with Crippen LogP contribution in [0.1, 0.15) is 34.3 Å². The highest BCUT2D eigenvalue weighted by molar-refractivity contribution is 5.99. The number of nitrogens with one attached hydrogen (secondary N) is 1. The maximum atomic E-state index is 13.7. The predicted octanol–water partition coefficient (Wildman–Crippen LogP) is 2.19. The van der Waals surface area contributed by atoms with Gasteiger partial charge in [-0.05, 0) is 18.6 Å². The fourth-order valence-electron chi connectivity index (χ4n) is 1.96. The number of hydrogen-bond donors (Lipinski definition) is 2. The first-order chi connectivity index (χ1) is 10.1. The summed E-state index contributed by atoms with van der Waals surface area (Å²) in [6, 6.07) is 6.12. The monoisotopic (exact) mass is 289 g/mol. The average molecular weight is 289 g/mol. The highest BCUT2D eigenvalue weighted by Gasteiger charge is 2.20. The molecule has 0 bridgehead atoms. The Hall–Kier alpha value is -2.63. The van der Waals surface area contributed by atoms with Crippen molar-refractivity contribution in [2.75, 3.05) is 7.05 Å². The Kier molecular flexibility index (Phi) is 4.37. The third-order valence-electron chi connectivity index (χ3n) is 3.05. The molecule has 3 N–H and O–H groups in total. The second-order valence-electron chi connectivity index (χ2n) is 4.38. The normalized spacial score (nSPS) is 11.5. The molecular formula is C15H16FN3O2. The number of hydrogen-bond acceptors (Lipinski definition) is 4. The molecule has 0 unspecified atom stereocenters. The Morgan fingerprint density at radius 3 is 2.81 bits per heavy atom. The second kappa shape index (κ2) is 6.21. The van der Waals surface area contributed by atoms with Gasteiger partial charge < -0.3 is 15.6 Å². The zero-order valence-electron chi connectivity index (χ0n) is 11.8. The number of nitrogens with zero attached hydrogens (tertiary/aromatic N) is 1. The standard InChI is InChI=1S/C15H16FN3O2/c1-3-12-14(15(20)18-2)13(21-19-12)8-11(17)9-6-4-5-7-10(9)16/h4-8H,3,17H2,1-2H3,(H,18,20)/b11-8-. The lowest BCUT2D eigenvalue weighted by Gasteiger charge is -2.03. The molecule has 0 aliphatic heterocycles. The molecule has 0 spiro atoms. The molecule has 2 aromatic rings. The third-order valence-corrected chi connectivity index (χ3v) is 3.05. The van der Waals surface area contributed by atoms with Crippen LogP contribution >= 0.6 is 0 Å². The largest absolute Gasteiger partial charge is 0.398 e. The predicted molar refractivity (Wildman–Crippen MR) is 77.7 cm³/mol. The minimum atomic E-state index is -0.442. The molecule has 6 heteroatoms. The van der Waals surface area contributed by atoms with Gasteiger partial charge in [-0.3, -0.25) is 4.79 Å². The number of carbonyl (C=O) groups excluding carboxylic acids is 1. The number of benzene rings is 1. The van der Waals surface area contributed by atoms with E-state index in [2.05, 4.69) is 10.5 Å². The first-order valence-electron chi connectivity index (χ1n) is 6.51. The van der Waals surface area contributed by atoms with Crippen LogP contribution in [0.15, 0.2) is 28.8 Å².